The Bertz CT molecular complexity index is 660. The van der Waals surface area contributed by atoms with Crippen molar-refractivity contribution < 1.29 is 28.9 Å². The van der Waals surface area contributed by atoms with Crippen LogP contribution in [-0.2, 0) is 9.53 Å². The molecule has 0 aliphatic carbocycles. The van der Waals surface area contributed by atoms with Crippen LogP contribution in [0, 0.1) is 5.82 Å². The number of esters is 1. The lowest BCUT2D eigenvalue weighted by molar-refractivity contribution is -0.161. The van der Waals surface area contributed by atoms with E-state index in [2.05, 4.69) is 0 Å². The monoisotopic (exact) mass is 353 g/mol. The lowest BCUT2D eigenvalue weighted by Crippen LogP contribution is -2.46. The zero-order valence-electron chi connectivity index (χ0n) is 14.7. The molecule has 7 heteroatoms. The Labute approximate surface area is 146 Å². The molecule has 0 unspecified atom stereocenters. The van der Waals surface area contributed by atoms with Crippen molar-refractivity contribution in [3.63, 3.8) is 0 Å². The van der Waals surface area contributed by atoms with Crippen molar-refractivity contribution in [2.45, 2.75) is 51.2 Å². The Morgan fingerprint density at radius 2 is 1.88 bits per heavy atom. The van der Waals surface area contributed by atoms with Gasteiger partial charge in [-0.15, -0.1) is 0 Å². The van der Waals surface area contributed by atoms with Gasteiger partial charge in [0.25, 0.3) is 0 Å². The average Bonchev–Trinajstić information content (AvgIpc) is 2.45. The lowest BCUT2D eigenvalue weighted by atomic mass is 9.87. The van der Waals surface area contributed by atoms with E-state index in [-0.39, 0.29) is 30.5 Å². The second-order valence-corrected chi connectivity index (χ2v) is 7.44. The maximum atomic E-state index is 13.5. The number of piperidine rings is 1. The highest BCUT2D eigenvalue weighted by molar-refractivity contribution is 5.94. The predicted octanol–water partition coefficient (Wildman–Crippen LogP) is 2.59. The van der Waals surface area contributed by atoms with Crippen LogP contribution in [0.1, 0.15) is 50.4 Å². The molecule has 1 aliphatic rings. The molecule has 2 rings (SSSR count). The summed E-state index contributed by atoms with van der Waals surface area (Å²) in [5, 5.41) is 19.9. The van der Waals surface area contributed by atoms with Crippen LogP contribution < -0.4 is 4.90 Å². The summed E-state index contributed by atoms with van der Waals surface area (Å²) in [5.74, 6) is -2.13. The molecule has 1 aromatic carbocycles. The minimum atomic E-state index is -1.20. The molecule has 138 valence electrons. The van der Waals surface area contributed by atoms with Gasteiger partial charge in [-0.3, -0.25) is 4.79 Å². The second-order valence-electron chi connectivity index (χ2n) is 7.44. The Kier molecular flexibility index (Phi) is 5.37. The minimum absolute atomic E-state index is 0.0129. The number of carbonyl (C=O) groups excluding carboxylic acids is 1. The molecule has 0 aromatic heterocycles. The zero-order chi connectivity index (χ0) is 18.8. The normalized spacial score (nSPS) is 17.2. The number of rotatable bonds is 4. The smallest absolute Gasteiger partial charge is 0.337 e. The van der Waals surface area contributed by atoms with Crippen LogP contribution in [0.3, 0.4) is 0 Å². The number of hydrogen-bond acceptors (Lipinski definition) is 5. The van der Waals surface area contributed by atoms with E-state index in [0.29, 0.717) is 13.1 Å². The average molecular weight is 353 g/mol. The summed E-state index contributed by atoms with van der Waals surface area (Å²) in [7, 11) is 0. The predicted molar refractivity (Wildman–Crippen MR) is 90.2 cm³/mol. The highest BCUT2D eigenvalue weighted by Gasteiger charge is 2.36. The molecular weight excluding hydrogens is 329 g/mol. The van der Waals surface area contributed by atoms with Crippen molar-refractivity contribution >= 4 is 17.6 Å². The van der Waals surface area contributed by atoms with Crippen LogP contribution >= 0.6 is 0 Å². The van der Waals surface area contributed by atoms with E-state index in [1.165, 1.54) is 12.1 Å². The third-order valence-corrected chi connectivity index (χ3v) is 4.12. The molecule has 0 bridgehead atoms. The zero-order valence-corrected chi connectivity index (χ0v) is 14.7. The first-order valence-electron chi connectivity index (χ1n) is 8.21. The van der Waals surface area contributed by atoms with Crippen molar-refractivity contribution in [2.75, 3.05) is 18.0 Å². The third-order valence-electron chi connectivity index (χ3n) is 4.12. The molecule has 1 aliphatic heterocycles. The van der Waals surface area contributed by atoms with E-state index in [1.807, 2.05) is 0 Å². The van der Waals surface area contributed by atoms with Crippen molar-refractivity contribution in [3.05, 3.63) is 29.6 Å². The summed E-state index contributed by atoms with van der Waals surface area (Å²) in [4.78, 5) is 25.0. The standard InChI is InChI=1S/C18H24FNO5/c1-17(2,3)25-15(21)11-18(24)6-8-20(9-7-18)14-10-12(19)4-5-13(14)16(22)23/h4-5,10,24H,6-9,11H2,1-3H3,(H,22,23). The van der Waals surface area contributed by atoms with Gasteiger partial charge in [0.15, 0.2) is 0 Å². The Morgan fingerprint density at radius 1 is 1.28 bits per heavy atom. The number of halogens is 1. The van der Waals surface area contributed by atoms with Crippen LogP contribution in [0.4, 0.5) is 10.1 Å². The van der Waals surface area contributed by atoms with Gasteiger partial charge < -0.3 is 19.8 Å². The van der Waals surface area contributed by atoms with Crippen molar-refractivity contribution in [2.24, 2.45) is 0 Å². The number of aromatic carboxylic acids is 1. The highest BCUT2D eigenvalue weighted by Crippen LogP contribution is 2.31. The fourth-order valence-electron chi connectivity index (χ4n) is 2.93. The van der Waals surface area contributed by atoms with E-state index in [4.69, 9.17) is 4.74 Å². The number of carboxylic acids is 1. The molecule has 1 heterocycles. The number of anilines is 1. The summed E-state index contributed by atoms with van der Waals surface area (Å²) in [6.07, 6.45) is 0.413. The summed E-state index contributed by atoms with van der Waals surface area (Å²) in [6.45, 7) is 5.92. The molecule has 0 amide bonds. The van der Waals surface area contributed by atoms with Gasteiger partial charge in [0.1, 0.15) is 11.4 Å². The van der Waals surface area contributed by atoms with E-state index in [9.17, 15) is 24.2 Å². The highest BCUT2D eigenvalue weighted by atomic mass is 19.1. The maximum Gasteiger partial charge on any atom is 0.337 e. The molecule has 2 N–H and O–H groups in total. The van der Waals surface area contributed by atoms with Gasteiger partial charge in [0.05, 0.1) is 23.3 Å². The van der Waals surface area contributed by atoms with E-state index in [0.717, 1.165) is 6.07 Å². The molecule has 1 aromatic rings. The first kappa shape index (κ1) is 19.2. The third kappa shape index (κ3) is 5.16. The molecule has 0 saturated carbocycles. The number of hydrogen-bond donors (Lipinski definition) is 2. The minimum Gasteiger partial charge on any atom is -0.478 e. The van der Waals surface area contributed by atoms with Gasteiger partial charge >= 0.3 is 11.9 Å². The topological polar surface area (TPSA) is 87.1 Å². The lowest BCUT2D eigenvalue weighted by Gasteiger charge is -2.39. The number of carboxylic acid groups (broad SMARTS) is 1. The van der Waals surface area contributed by atoms with Crippen LogP contribution in [0.25, 0.3) is 0 Å². The van der Waals surface area contributed by atoms with Crippen LogP contribution in [0.15, 0.2) is 18.2 Å². The summed E-state index contributed by atoms with van der Waals surface area (Å²) in [5.41, 5.74) is -1.52. The van der Waals surface area contributed by atoms with Gasteiger partial charge in [-0.1, -0.05) is 0 Å². The van der Waals surface area contributed by atoms with Crippen molar-refractivity contribution in [1.29, 1.82) is 0 Å². The number of nitrogens with zero attached hydrogens (tertiary/aromatic N) is 1. The second kappa shape index (κ2) is 7.00. The quantitative estimate of drug-likeness (QED) is 0.809. The molecule has 0 radical (unpaired) electrons. The maximum absolute atomic E-state index is 13.5. The molecule has 0 spiro atoms. The Balaban J connectivity index is 2.05. The number of ether oxygens (including phenoxy) is 1. The molecular formula is C18H24FNO5. The Hall–Kier alpha value is -2.15. The summed E-state index contributed by atoms with van der Waals surface area (Å²) >= 11 is 0. The van der Waals surface area contributed by atoms with Gasteiger partial charge in [-0.2, -0.15) is 0 Å². The van der Waals surface area contributed by atoms with Crippen LogP contribution in [-0.4, -0.2) is 46.4 Å². The van der Waals surface area contributed by atoms with E-state index in [1.54, 1.807) is 25.7 Å². The van der Waals surface area contributed by atoms with E-state index < -0.39 is 29.0 Å². The van der Waals surface area contributed by atoms with Gasteiger partial charge in [-0.05, 0) is 51.8 Å². The summed E-state index contributed by atoms with van der Waals surface area (Å²) < 4.78 is 18.8. The Morgan fingerprint density at radius 3 is 2.40 bits per heavy atom. The van der Waals surface area contributed by atoms with Crippen molar-refractivity contribution in [1.82, 2.24) is 0 Å². The fourth-order valence-corrected chi connectivity index (χ4v) is 2.93. The van der Waals surface area contributed by atoms with Gasteiger partial charge in [0.2, 0.25) is 0 Å². The molecule has 0 atom stereocenters. The molecule has 6 nitrogen and oxygen atoms in total. The summed E-state index contributed by atoms with van der Waals surface area (Å²) in [6, 6.07) is 3.52. The van der Waals surface area contributed by atoms with E-state index >= 15 is 0 Å². The number of benzene rings is 1. The molecule has 1 fully saturated rings. The van der Waals surface area contributed by atoms with Crippen LogP contribution in [0.2, 0.25) is 0 Å². The largest absolute Gasteiger partial charge is 0.478 e. The van der Waals surface area contributed by atoms with Crippen LogP contribution in [0.5, 0.6) is 0 Å². The number of aliphatic hydroxyl groups is 1. The van der Waals surface area contributed by atoms with Gasteiger partial charge in [0, 0.05) is 13.1 Å². The van der Waals surface area contributed by atoms with Crippen molar-refractivity contribution in [3.8, 4) is 0 Å². The SMILES string of the molecule is CC(C)(C)OC(=O)CC1(O)CCN(c2cc(F)ccc2C(=O)O)CC1. The first-order chi connectivity index (χ1) is 11.5. The molecule has 25 heavy (non-hydrogen) atoms. The number of carbonyl (C=O) groups is 2. The first-order valence-corrected chi connectivity index (χ1v) is 8.21. The fraction of sp³-hybridized carbons (Fsp3) is 0.556. The molecule has 1 saturated heterocycles. The van der Waals surface area contributed by atoms with Gasteiger partial charge in [-0.25, -0.2) is 9.18 Å².